The van der Waals surface area contributed by atoms with E-state index in [1.807, 2.05) is 6.07 Å². The predicted octanol–water partition coefficient (Wildman–Crippen LogP) is 2.99. The maximum Gasteiger partial charge on any atom is 0.161 e. The minimum absolute atomic E-state index is 0.526. The largest absolute Gasteiger partial charge is 0.384 e. The monoisotopic (exact) mass is 225 g/mol. The molecule has 0 aliphatic heterocycles. The summed E-state index contributed by atoms with van der Waals surface area (Å²) >= 11 is 0. The highest BCUT2D eigenvalue weighted by Gasteiger charge is 2.22. The highest BCUT2D eigenvalue weighted by Crippen LogP contribution is 2.40. The Morgan fingerprint density at radius 2 is 1.94 bits per heavy atom. The van der Waals surface area contributed by atoms with Gasteiger partial charge in [0.05, 0.1) is 0 Å². The molecule has 1 fully saturated rings. The first kappa shape index (κ1) is 10.3. The molecule has 0 atom stereocenters. The van der Waals surface area contributed by atoms with Crippen molar-refractivity contribution in [3.05, 3.63) is 42.1 Å². The van der Waals surface area contributed by atoms with Crippen LogP contribution in [0.25, 0.3) is 11.4 Å². The van der Waals surface area contributed by atoms with E-state index in [1.54, 1.807) is 12.3 Å². The molecule has 1 heterocycles. The molecule has 0 bridgehead atoms. The molecule has 2 aromatic rings. The average Bonchev–Trinajstić information content (AvgIpc) is 2.27. The maximum atomic E-state index is 5.72. The Morgan fingerprint density at radius 3 is 2.65 bits per heavy atom. The van der Waals surface area contributed by atoms with E-state index < -0.39 is 0 Å². The van der Waals surface area contributed by atoms with E-state index in [4.69, 9.17) is 5.73 Å². The molecule has 1 saturated carbocycles. The van der Waals surface area contributed by atoms with Crippen LogP contribution >= 0.6 is 0 Å². The van der Waals surface area contributed by atoms with Gasteiger partial charge >= 0.3 is 0 Å². The normalized spacial score (nSPS) is 15.5. The number of nitrogens with two attached hydrogens (primary N) is 1. The summed E-state index contributed by atoms with van der Waals surface area (Å²) in [6, 6.07) is 10.1. The number of aromatic nitrogens is 2. The van der Waals surface area contributed by atoms with E-state index in [-0.39, 0.29) is 0 Å². The van der Waals surface area contributed by atoms with Gasteiger partial charge in [-0.3, -0.25) is 0 Å². The van der Waals surface area contributed by atoms with Crippen molar-refractivity contribution in [2.75, 3.05) is 5.73 Å². The van der Waals surface area contributed by atoms with Gasteiger partial charge in [0.25, 0.3) is 0 Å². The van der Waals surface area contributed by atoms with E-state index in [1.165, 1.54) is 24.8 Å². The topological polar surface area (TPSA) is 51.8 Å². The average molecular weight is 225 g/mol. The number of hydrogen-bond acceptors (Lipinski definition) is 3. The maximum absolute atomic E-state index is 5.72. The summed E-state index contributed by atoms with van der Waals surface area (Å²) in [5.74, 6) is 1.95. The van der Waals surface area contributed by atoms with Gasteiger partial charge < -0.3 is 5.73 Å². The lowest BCUT2D eigenvalue weighted by Crippen LogP contribution is -2.10. The summed E-state index contributed by atoms with van der Waals surface area (Å²) in [5.41, 5.74) is 8.21. The molecule has 17 heavy (non-hydrogen) atoms. The highest BCUT2D eigenvalue weighted by molar-refractivity contribution is 5.62. The van der Waals surface area contributed by atoms with Gasteiger partial charge in [-0.25, -0.2) is 9.97 Å². The number of nitrogen functional groups attached to an aromatic ring is 1. The van der Waals surface area contributed by atoms with Crippen LogP contribution in [0.5, 0.6) is 0 Å². The third-order valence-electron chi connectivity index (χ3n) is 3.42. The van der Waals surface area contributed by atoms with Gasteiger partial charge in [0.1, 0.15) is 5.82 Å². The Bertz CT molecular complexity index is 532. The zero-order chi connectivity index (χ0) is 11.7. The fraction of sp³-hybridized carbons (Fsp3) is 0.286. The minimum Gasteiger partial charge on any atom is -0.384 e. The van der Waals surface area contributed by atoms with Crippen LogP contribution in [0.15, 0.2) is 36.5 Å². The van der Waals surface area contributed by atoms with Crippen molar-refractivity contribution in [1.82, 2.24) is 9.97 Å². The summed E-state index contributed by atoms with van der Waals surface area (Å²) in [4.78, 5) is 8.63. The summed E-state index contributed by atoms with van der Waals surface area (Å²) < 4.78 is 0. The Balaban J connectivity index is 2.07. The van der Waals surface area contributed by atoms with Gasteiger partial charge in [-0.1, -0.05) is 30.7 Å². The van der Waals surface area contributed by atoms with E-state index in [2.05, 4.69) is 28.2 Å². The summed E-state index contributed by atoms with van der Waals surface area (Å²) in [6.07, 6.45) is 5.60. The van der Waals surface area contributed by atoms with Gasteiger partial charge in [-0.2, -0.15) is 0 Å². The molecule has 3 rings (SSSR count). The Hall–Kier alpha value is -1.90. The molecule has 0 unspecified atom stereocenters. The number of benzene rings is 1. The molecule has 0 saturated heterocycles. The second-order valence-electron chi connectivity index (χ2n) is 4.52. The minimum atomic E-state index is 0.526. The molecule has 2 N–H and O–H groups in total. The van der Waals surface area contributed by atoms with Crippen molar-refractivity contribution in [2.45, 2.75) is 25.2 Å². The van der Waals surface area contributed by atoms with E-state index in [9.17, 15) is 0 Å². The SMILES string of the molecule is Nc1ccnc(-c2ccccc2C2CCC2)n1. The van der Waals surface area contributed by atoms with Crippen LogP contribution in [0.1, 0.15) is 30.7 Å². The van der Waals surface area contributed by atoms with Crippen LogP contribution in [-0.2, 0) is 0 Å². The molecule has 1 aliphatic carbocycles. The van der Waals surface area contributed by atoms with Crippen LogP contribution in [0.4, 0.5) is 5.82 Å². The predicted molar refractivity (Wildman–Crippen MR) is 68.5 cm³/mol. The fourth-order valence-electron chi connectivity index (χ4n) is 2.28. The van der Waals surface area contributed by atoms with Gasteiger partial charge in [0.15, 0.2) is 5.82 Å². The molecular formula is C14H15N3. The molecule has 0 radical (unpaired) electrons. The Labute approximate surface area is 101 Å². The van der Waals surface area contributed by atoms with Crippen molar-refractivity contribution in [3.8, 4) is 11.4 Å². The Morgan fingerprint density at radius 1 is 1.12 bits per heavy atom. The van der Waals surface area contributed by atoms with Crippen molar-refractivity contribution < 1.29 is 0 Å². The molecule has 1 aromatic heterocycles. The standard InChI is InChI=1S/C14H15N3/c15-13-8-9-16-14(17-13)12-7-2-1-6-11(12)10-4-3-5-10/h1-2,6-10H,3-5H2,(H2,15,16,17). The second-order valence-corrected chi connectivity index (χ2v) is 4.52. The summed E-state index contributed by atoms with van der Waals surface area (Å²) in [5, 5.41) is 0. The van der Waals surface area contributed by atoms with Gasteiger partial charge in [-0.15, -0.1) is 0 Å². The first-order valence-electron chi connectivity index (χ1n) is 6.02. The molecule has 0 spiro atoms. The first-order valence-corrected chi connectivity index (χ1v) is 6.02. The molecule has 86 valence electrons. The molecule has 1 aliphatic rings. The Kier molecular flexibility index (Phi) is 2.52. The van der Waals surface area contributed by atoms with Crippen molar-refractivity contribution in [2.24, 2.45) is 0 Å². The third kappa shape index (κ3) is 1.88. The quantitative estimate of drug-likeness (QED) is 0.854. The van der Waals surface area contributed by atoms with Gasteiger partial charge in [0.2, 0.25) is 0 Å². The van der Waals surface area contributed by atoms with Crippen LogP contribution in [0, 0.1) is 0 Å². The molecular weight excluding hydrogens is 210 g/mol. The first-order chi connectivity index (χ1) is 8.34. The third-order valence-corrected chi connectivity index (χ3v) is 3.42. The zero-order valence-electron chi connectivity index (χ0n) is 9.63. The molecule has 0 amide bonds. The van der Waals surface area contributed by atoms with Crippen LogP contribution in [0.2, 0.25) is 0 Å². The smallest absolute Gasteiger partial charge is 0.161 e. The van der Waals surface area contributed by atoms with Crippen LogP contribution in [-0.4, -0.2) is 9.97 Å². The lowest BCUT2D eigenvalue weighted by molar-refractivity contribution is 0.420. The van der Waals surface area contributed by atoms with E-state index in [0.717, 1.165) is 11.4 Å². The summed E-state index contributed by atoms with van der Waals surface area (Å²) in [6.45, 7) is 0. The van der Waals surface area contributed by atoms with E-state index in [0.29, 0.717) is 11.7 Å². The lowest BCUT2D eigenvalue weighted by atomic mass is 9.78. The van der Waals surface area contributed by atoms with Gasteiger partial charge in [0, 0.05) is 11.8 Å². The van der Waals surface area contributed by atoms with Gasteiger partial charge in [-0.05, 0) is 30.4 Å². The van der Waals surface area contributed by atoms with Crippen molar-refractivity contribution >= 4 is 5.82 Å². The molecule has 1 aromatic carbocycles. The number of hydrogen-bond donors (Lipinski definition) is 1. The second kappa shape index (κ2) is 4.17. The van der Waals surface area contributed by atoms with E-state index >= 15 is 0 Å². The number of nitrogens with zero attached hydrogens (tertiary/aromatic N) is 2. The number of anilines is 1. The summed E-state index contributed by atoms with van der Waals surface area (Å²) in [7, 11) is 0. The lowest BCUT2D eigenvalue weighted by Gasteiger charge is -2.27. The van der Waals surface area contributed by atoms with Crippen LogP contribution in [0.3, 0.4) is 0 Å². The highest BCUT2D eigenvalue weighted by atomic mass is 14.9. The van der Waals surface area contributed by atoms with Crippen molar-refractivity contribution in [3.63, 3.8) is 0 Å². The zero-order valence-corrected chi connectivity index (χ0v) is 9.63. The molecule has 3 nitrogen and oxygen atoms in total. The van der Waals surface area contributed by atoms with Crippen LogP contribution < -0.4 is 5.73 Å². The fourth-order valence-corrected chi connectivity index (χ4v) is 2.28. The van der Waals surface area contributed by atoms with Crippen molar-refractivity contribution in [1.29, 1.82) is 0 Å². The number of rotatable bonds is 2. The molecule has 3 heteroatoms.